The third-order valence-corrected chi connectivity index (χ3v) is 4.21. The average molecular weight is 234 g/mol. The van der Waals surface area contributed by atoms with Crippen molar-refractivity contribution >= 4 is 17.3 Å². The number of nitrogens with zero attached hydrogens (tertiary/aromatic N) is 2. The first-order chi connectivity index (χ1) is 7.86. The number of imidazole rings is 1. The zero-order valence-electron chi connectivity index (χ0n) is 8.97. The van der Waals surface area contributed by atoms with Crippen LogP contribution in [-0.4, -0.2) is 26.0 Å². The molecule has 3 heterocycles. The molecule has 84 valence electrons. The summed E-state index contributed by atoms with van der Waals surface area (Å²) in [5.74, 6) is 4.40. The minimum atomic E-state index is 0.312. The molecule has 1 saturated heterocycles. The summed E-state index contributed by atoms with van der Waals surface area (Å²) in [6, 6.07) is 3.57. The van der Waals surface area contributed by atoms with Crippen LogP contribution in [0.4, 0.5) is 0 Å². The molecule has 16 heavy (non-hydrogen) atoms. The van der Waals surface area contributed by atoms with E-state index >= 15 is 0 Å². The van der Waals surface area contributed by atoms with Crippen molar-refractivity contribution in [2.75, 3.05) is 11.5 Å². The number of hydrogen-bond acceptors (Lipinski definition) is 3. The van der Waals surface area contributed by atoms with Gasteiger partial charge in [-0.3, -0.25) is 0 Å². The van der Waals surface area contributed by atoms with Gasteiger partial charge in [-0.1, -0.05) is 0 Å². The molecule has 1 fully saturated rings. The number of thioether (sulfide) groups is 1. The van der Waals surface area contributed by atoms with E-state index in [1.807, 2.05) is 28.4 Å². The van der Waals surface area contributed by atoms with E-state index in [-0.39, 0.29) is 0 Å². The maximum Gasteiger partial charge on any atom is 0.141 e. The minimum Gasteiger partial charge on any atom is -0.506 e. The van der Waals surface area contributed by atoms with Crippen molar-refractivity contribution in [3.63, 3.8) is 0 Å². The summed E-state index contributed by atoms with van der Waals surface area (Å²) in [5, 5.41) is 9.72. The van der Waals surface area contributed by atoms with Crippen molar-refractivity contribution < 1.29 is 5.11 Å². The topological polar surface area (TPSA) is 37.5 Å². The number of aromatic nitrogens is 2. The van der Waals surface area contributed by atoms with Crippen molar-refractivity contribution in [1.29, 1.82) is 0 Å². The van der Waals surface area contributed by atoms with E-state index in [0.29, 0.717) is 11.7 Å². The Bertz CT molecular complexity index is 503. The Morgan fingerprint density at radius 2 is 2.19 bits per heavy atom. The van der Waals surface area contributed by atoms with Gasteiger partial charge in [-0.2, -0.15) is 11.8 Å². The third kappa shape index (κ3) is 1.57. The van der Waals surface area contributed by atoms with E-state index in [4.69, 9.17) is 0 Å². The lowest BCUT2D eigenvalue weighted by Crippen LogP contribution is -2.11. The zero-order valence-corrected chi connectivity index (χ0v) is 9.78. The number of pyridine rings is 1. The smallest absolute Gasteiger partial charge is 0.141 e. The summed E-state index contributed by atoms with van der Waals surface area (Å²) in [7, 11) is 0. The van der Waals surface area contributed by atoms with Gasteiger partial charge < -0.3 is 9.51 Å². The highest BCUT2D eigenvalue weighted by Gasteiger charge is 2.20. The van der Waals surface area contributed by atoms with Crippen LogP contribution in [0.25, 0.3) is 5.52 Å². The summed E-state index contributed by atoms with van der Waals surface area (Å²) in [6.07, 6.45) is 6.14. The van der Waals surface area contributed by atoms with E-state index in [2.05, 4.69) is 4.98 Å². The molecule has 0 amide bonds. The monoisotopic (exact) mass is 234 g/mol. The molecule has 3 nitrogen and oxygen atoms in total. The Labute approximate surface area is 98.5 Å². The molecule has 0 unspecified atom stereocenters. The Hall–Kier alpha value is -1.16. The molecule has 0 aliphatic carbocycles. The Morgan fingerprint density at radius 3 is 3.00 bits per heavy atom. The summed E-state index contributed by atoms with van der Waals surface area (Å²) in [4.78, 5) is 4.47. The van der Waals surface area contributed by atoms with Crippen molar-refractivity contribution in [2.45, 2.75) is 18.8 Å². The fraction of sp³-hybridized carbons (Fsp3) is 0.417. The van der Waals surface area contributed by atoms with E-state index in [1.54, 1.807) is 12.3 Å². The van der Waals surface area contributed by atoms with Crippen LogP contribution in [0.3, 0.4) is 0 Å². The van der Waals surface area contributed by atoms with Gasteiger partial charge in [0.05, 0.1) is 6.20 Å². The van der Waals surface area contributed by atoms with Gasteiger partial charge >= 0.3 is 0 Å². The molecule has 0 radical (unpaired) electrons. The fourth-order valence-corrected chi connectivity index (χ4v) is 3.39. The average Bonchev–Trinajstić information content (AvgIpc) is 2.75. The molecular weight excluding hydrogens is 220 g/mol. The molecular formula is C12H14N2OS. The van der Waals surface area contributed by atoms with Gasteiger partial charge in [0.15, 0.2) is 0 Å². The molecule has 0 atom stereocenters. The minimum absolute atomic E-state index is 0.312. The number of aromatic hydroxyl groups is 1. The Kier molecular flexibility index (Phi) is 2.52. The van der Waals surface area contributed by atoms with Crippen LogP contribution in [0.15, 0.2) is 24.5 Å². The van der Waals surface area contributed by atoms with Crippen LogP contribution in [0, 0.1) is 0 Å². The molecule has 2 aromatic heterocycles. The first-order valence-corrected chi connectivity index (χ1v) is 6.74. The molecule has 0 bridgehead atoms. The zero-order chi connectivity index (χ0) is 11.0. The predicted molar refractivity (Wildman–Crippen MR) is 66.2 cm³/mol. The second-order valence-electron chi connectivity index (χ2n) is 4.15. The number of fused-ring (bicyclic) bond motifs is 1. The summed E-state index contributed by atoms with van der Waals surface area (Å²) >= 11 is 2.02. The fourth-order valence-electron chi connectivity index (χ4n) is 2.28. The highest BCUT2D eigenvalue weighted by molar-refractivity contribution is 7.99. The van der Waals surface area contributed by atoms with Gasteiger partial charge in [-0.15, -0.1) is 0 Å². The van der Waals surface area contributed by atoms with Crippen molar-refractivity contribution in [2.24, 2.45) is 0 Å². The Balaban J connectivity index is 2.06. The highest BCUT2D eigenvalue weighted by atomic mass is 32.2. The summed E-state index contributed by atoms with van der Waals surface area (Å²) in [5.41, 5.74) is 0.815. The van der Waals surface area contributed by atoms with Crippen LogP contribution in [-0.2, 0) is 0 Å². The lowest BCUT2D eigenvalue weighted by molar-refractivity contribution is 0.478. The molecule has 1 aliphatic heterocycles. The van der Waals surface area contributed by atoms with Crippen molar-refractivity contribution in [3.05, 3.63) is 30.4 Å². The second kappa shape index (κ2) is 4.01. The molecule has 1 aliphatic rings. The Morgan fingerprint density at radius 1 is 1.38 bits per heavy atom. The molecule has 1 N–H and O–H groups in total. The van der Waals surface area contributed by atoms with E-state index < -0.39 is 0 Å². The molecule has 4 heteroatoms. The number of rotatable bonds is 1. The van der Waals surface area contributed by atoms with Gasteiger partial charge in [0, 0.05) is 12.1 Å². The molecule has 3 rings (SSSR count). The summed E-state index contributed by atoms with van der Waals surface area (Å²) < 4.78 is 2.02. The SMILES string of the molecule is Oc1cccn2c(C3CCSCC3)ncc12. The lowest BCUT2D eigenvalue weighted by Gasteiger charge is -2.20. The van der Waals surface area contributed by atoms with Gasteiger partial charge in [-0.05, 0) is 36.5 Å². The van der Waals surface area contributed by atoms with Gasteiger partial charge in [0.1, 0.15) is 17.1 Å². The normalized spacial score (nSPS) is 18.0. The highest BCUT2D eigenvalue weighted by Crippen LogP contribution is 2.32. The molecule has 0 aromatic carbocycles. The molecule has 0 spiro atoms. The van der Waals surface area contributed by atoms with Crippen LogP contribution in [0.5, 0.6) is 5.75 Å². The predicted octanol–water partition coefficient (Wildman–Crippen LogP) is 2.65. The standard InChI is InChI=1S/C12H14N2OS/c15-11-2-1-5-14-10(11)8-13-12(14)9-3-6-16-7-4-9/h1-2,5,8-9,15H,3-4,6-7H2. The van der Waals surface area contributed by atoms with E-state index in [9.17, 15) is 5.11 Å². The largest absolute Gasteiger partial charge is 0.506 e. The van der Waals surface area contributed by atoms with Crippen LogP contribution in [0.2, 0.25) is 0 Å². The third-order valence-electron chi connectivity index (χ3n) is 3.16. The molecule has 0 saturated carbocycles. The van der Waals surface area contributed by atoms with Gasteiger partial charge in [-0.25, -0.2) is 4.98 Å². The number of hydrogen-bond donors (Lipinski definition) is 1. The first-order valence-electron chi connectivity index (χ1n) is 5.59. The maximum atomic E-state index is 9.72. The van der Waals surface area contributed by atoms with E-state index in [1.165, 1.54) is 24.3 Å². The van der Waals surface area contributed by atoms with Gasteiger partial charge in [0.2, 0.25) is 0 Å². The van der Waals surface area contributed by atoms with Gasteiger partial charge in [0.25, 0.3) is 0 Å². The van der Waals surface area contributed by atoms with Crippen LogP contribution < -0.4 is 0 Å². The van der Waals surface area contributed by atoms with Crippen LogP contribution >= 0.6 is 11.8 Å². The molecule has 2 aromatic rings. The van der Waals surface area contributed by atoms with Crippen molar-refractivity contribution in [1.82, 2.24) is 9.38 Å². The van der Waals surface area contributed by atoms with Crippen LogP contribution in [0.1, 0.15) is 24.6 Å². The maximum absolute atomic E-state index is 9.72. The first kappa shape index (κ1) is 10.0. The quantitative estimate of drug-likeness (QED) is 0.824. The second-order valence-corrected chi connectivity index (χ2v) is 5.38. The summed E-state index contributed by atoms with van der Waals surface area (Å²) in [6.45, 7) is 0. The van der Waals surface area contributed by atoms with Crippen molar-refractivity contribution in [3.8, 4) is 5.75 Å². The lowest BCUT2D eigenvalue weighted by atomic mass is 10.0. The van der Waals surface area contributed by atoms with E-state index in [0.717, 1.165) is 11.3 Å².